The number of anilines is 1. The molecule has 2 rings (SSSR count). The SMILES string of the molecule is Cc1ncnc(-c2cccc(N)c2)n1. The Hall–Kier alpha value is -1.97. The van der Waals surface area contributed by atoms with Crippen molar-refractivity contribution in [1.82, 2.24) is 15.0 Å². The Morgan fingerprint density at radius 1 is 1.21 bits per heavy atom. The van der Waals surface area contributed by atoms with E-state index < -0.39 is 0 Å². The van der Waals surface area contributed by atoms with E-state index in [1.807, 2.05) is 31.2 Å². The van der Waals surface area contributed by atoms with E-state index in [0.29, 0.717) is 17.3 Å². The minimum absolute atomic E-state index is 0.657. The van der Waals surface area contributed by atoms with Crippen LogP contribution in [0.4, 0.5) is 5.69 Å². The summed E-state index contributed by atoms with van der Waals surface area (Å²) in [4.78, 5) is 12.2. The first kappa shape index (κ1) is 8.62. The standard InChI is InChI=1S/C10H10N4/c1-7-12-6-13-10(14-7)8-3-2-4-9(11)5-8/h2-6H,11H2,1H3. The summed E-state index contributed by atoms with van der Waals surface area (Å²) in [6, 6.07) is 7.47. The quantitative estimate of drug-likeness (QED) is 0.684. The van der Waals surface area contributed by atoms with Crippen LogP contribution in [0.1, 0.15) is 5.82 Å². The molecule has 0 saturated heterocycles. The molecular formula is C10H10N4. The first-order chi connectivity index (χ1) is 6.75. The summed E-state index contributed by atoms with van der Waals surface area (Å²) in [7, 11) is 0. The van der Waals surface area contributed by atoms with Gasteiger partial charge in [0.2, 0.25) is 0 Å². The summed E-state index contributed by atoms with van der Waals surface area (Å²) in [5, 5.41) is 0. The van der Waals surface area contributed by atoms with Crippen LogP contribution < -0.4 is 5.73 Å². The van der Waals surface area contributed by atoms with Crippen molar-refractivity contribution in [1.29, 1.82) is 0 Å². The molecule has 0 fully saturated rings. The zero-order valence-corrected chi connectivity index (χ0v) is 7.81. The van der Waals surface area contributed by atoms with Crippen LogP contribution in [0.15, 0.2) is 30.6 Å². The van der Waals surface area contributed by atoms with Crippen molar-refractivity contribution in [3.8, 4) is 11.4 Å². The molecule has 0 atom stereocenters. The fraction of sp³-hybridized carbons (Fsp3) is 0.100. The summed E-state index contributed by atoms with van der Waals surface area (Å²) >= 11 is 0. The lowest BCUT2D eigenvalue weighted by atomic mass is 10.2. The molecule has 0 aliphatic rings. The molecule has 0 saturated carbocycles. The minimum Gasteiger partial charge on any atom is -0.399 e. The van der Waals surface area contributed by atoms with Gasteiger partial charge in [-0.25, -0.2) is 15.0 Å². The molecule has 1 aromatic heterocycles. The Balaban J connectivity index is 2.49. The van der Waals surface area contributed by atoms with Gasteiger partial charge in [0.05, 0.1) is 0 Å². The highest BCUT2D eigenvalue weighted by Crippen LogP contribution is 2.16. The molecule has 0 aliphatic heterocycles. The number of nitrogen functional groups attached to an aromatic ring is 1. The second-order valence-electron chi connectivity index (χ2n) is 2.98. The van der Waals surface area contributed by atoms with Crippen LogP contribution in [0.3, 0.4) is 0 Å². The van der Waals surface area contributed by atoms with Gasteiger partial charge < -0.3 is 5.73 Å². The number of benzene rings is 1. The minimum atomic E-state index is 0.657. The average molecular weight is 186 g/mol. The first-order valence-electron chi connectivity index (χ1n) is 4.27. The zero-order chi connectivity index (χ0) is 9.97. The topological polar surface area (TPSA) is 64.7 Å². The number of hydrogen-bond donors (Lipinski definition) is 1. The van der Waals surface area contributed by atoms with Crippen LogP contribution >= 0.6 is 0 Å². The Morgan fingerprint density at radius 2 is 2.07 bits per heavy atom. The van der Waals surface area contributed by atoms with Crippen LogP contribution in [0.25, 0.3) is 11.4 Å². The molecule has 4 heteroatoms. The summed E-state index contributed by atoms with van der Waals surface area (Å²) in [6.45, 7) is 1.83. The molecule has 0 unspecified atom stereocenters. The molecule has 0 aliphatic carbocycles. The van der Waals surface area contributed by atoms with Crippen LogP contribution in [-0.4, -0.2) is 15.0 Å². The second kappa shape index (κ2) is 3.41. The highest BCUT2D eigenvalue weighted by molar-refractivity contribution is 5.60. The largest absolute Gasteiger partial charge is 0.399 e. The van der Waals surface area contributed by atoms with Crippen LogP contribution in [0.2, 0.25) is 0 Å². The highest BCUT2D eigenvalue weighted by Gasteiger charge is 2.00. The summed E-state index contributed by atoms with van der Waals surface area (Å²) in [5.41, 5.74) is 7.28. The first-order valence-corrected chi connectivity index (χ1v) is 4.27. The molecule has 0 bridgehead atoms. The van der Waals surface area contributed by atoms with E-state index in [0.717, 1.165) is 5.56 Å². The van der Waals surface area contributed by atoms with Crippen molar-refractivity contribution >= 4 is 5.69 Å². The van der Waals surface area contributed by atoms with Crippen molar-refractivity contribution in [3.05, 3.63) is 36.4 Å². The molecule has 4 nitrogen and oxygen atoms in total. The van der Waals surface area contributed by atoms with Crippen molar-refractivity contribution in [3.63, 3.8) is 0 Å². The number of aromatic nitrogens is 3. The maximum absolute atomic E-state index is 5.66. The predicted octanol–water partition coefficient (Wildman–Crippen LogP) is 1.43. The molecule has 2 aromatic rings. The molecule has 1 heterocycles. The van der Waals surface area contributed by atoms with Gasteiger partial charge in [-0.2, -0.15) is 0 Å². The molecule has 0 amide bonds. The molecular weight excluding hydrogens is 176 g/mol. The van der Waals surface area contributed by atoms with E-state index in [1.165, 1.54) is 6.33 Å². The predicted molar refractivity (Wildman–Crippen MR) is 54.4 cm³/mol. The van der Waals surface area contributed by atoms with Gasteiger partial charge in [0.25, 0.3) is 0 Å². The molecule has 2 N–H and O–H groups in total. The van der Waals surface area contributed by atoms with Gasteiger partial charge in [-0.15, -0.1) is 0 Å². The molecule has 1 aromatic carbocycles. The van der Waals surface area contributed by atoms with Crippen molar-refractivity contribution in [2.75, 3.05) is 5.73 Å². The number of hydrogen-bond acceptors (Lipinski definition) is 4. The monoisotopic (exact) mass is 186 g/mol. The fourth-order valence-corrected chi connectivity index (χ4v) is 1.19. The molecule has 70 valence electrons. The van der Waals surface area contributed by atoms with E-state index in [9.17, 15) is 0 Å². The number of aryl methyl sites for hydroxylation is 1. The maximum atomic E-state index is 5.66. The van der Waals surface area contributed by atoms with Crippen molar-refractivity contribution in [2.24, 2.45) is 0 Å². The van der Waals surface area contributed by atoms with E-state index in [2.05, 4.69) is 15.0 Å². The lowest BCUT2D eigenvalue weighted by Gasteiger charge is -2.00. The van der Waals surface area contributed by atoms with Gasteiger partial charge in [0.1, 0.15) is 12.2 Å². The van der Waals surface area contributed by atoms with E-state index in [4.69, 9.17) is 5.73 Å². The van der Waals surface area contributed by atoms with Gasteiger partial charge in [0.15, 0.2) is 5.82 Å². The van der Waals surface area contributed by atoms with E-state index in [1.54, 1.807) is 0 Å². The summed E-state index contributed by atoms with van der Waals surface area (Å²) < 4.78 is 0. The van der Waals surface area contributed by atoms with E-state index in [-0.39, 0.29) is 0 Å². The third-order valence-electron chi connectivity index (χ3n) is 1.84. The lowest BCUT2D eigenvalue weighted by Crippen LogP contribution is -1.94. The third kappa shape index (κ3) is 1.69. The van der Waals surface area contributed by atoms with Gasteiger partial charge in [-0.1, -0.05) is 12.1 Å². The normalized spacial score (nSPS) is 10.1. The van der Waals surface area contributed by atoms with Crippen LogP contribution in [0.5, 0.6) is 0 Å². The Bertz CT molecular complexity index is 410. The third-order valence-corrected chi connectivity index (χ3v) is 1.84. The molecule has 0 spiro atoms. The zero-order valence-electron chi connectivity index (χ0n) is 7.81. The fourth-order valence-electron chi connectivity index (χ4n) is 1.19. The van der Waals surface area contributed by atoms with Gasteiger partial charge >= 0.3 is 0 Å². The summed E-state index contributed by atoms with van der Waals surface area (Å²) in [6.07, 6.45) is 1.50. The number of rotatable bonds is 1. The Kier molecular flexibility index (Phi) is 2.10. The Morgan fingerprint density at radius 3 is 2.79 bits per heavy atom. The van der Waals surface area contributed by atoms with Gasteiger partial charge in [-0.05, 0) is 19.1 Å². The van der Waals surface area contributed by atoms with Gasteiger partial charge in [-0.3, -0.25) is 0 Å². The van der Waals surface area contributed by atoms with Crippen molar-refractivity contribution in [2.45, 2.75) is 6.92 Å². The maximum Gasteiger partial charge on any atom is 0.163 e. The van der Waals surface area contributed by atoms with Gasteiger partial charge in [0, 0.05) is 11.3 Å². The second-order valence-corrected chi connectivity index (χ2v) is 2.98. The number of nitrogens with zero attached hydrogens (tertiary/aromatic N) is 3. The van der Waals surface area contributed by atoms with Crippen LogP contribution in [-0.2, 0) is 0 Å². The molecule has 14 heavy (non-hydrogen) atoms. The highest BCUT2D eigenvalue weighted by atomic mass is 15.0. The Labute approximate surface area is 81.9 Å². The number of nitrogens with two attached hydrogens (primary N) is 1. The molecule has 0 radical (unpaired) electrons. The smallest absolute Gasteiger partial charge is 0.163 e. The van der Waals surface area contributed by atoms with E-state index >= 15 is 0 Å². The van der Waals surface area contributed by atoms with Crippen molar-refractivity contribution < 1.29 is 0 Å². The van der Waals surface area contributed by atoms with Crippen LogP contribution in [0, 0.1) is 6.92 Å². The average Bonchev–Trinajstić information content (AvgIpc) is 2.18. The summed E-state index contributed by atoms with van der Waals surface area (Å²) in [5.74, 6) is 1.36. The lowest BCUT2D eigenvalue weighted by molar-refractivity contribution is 0.983.